The van der Waals surface area contributed by atoms with Crippen LogP contribution in [0.2, 0.25) is 0 Å². The highest BCUT2D eigenvalue weighted by Crippen LogP contribution is 2.23. The Bertz CT molecular complexity index is 768. The van der Waals surface area contributed by atoms with Gasteiger partial charge < -0.3 is 11.1 Å². The molecule has 0 bridgehead atoms. The smallest absolute Gasteiger partial charge is 0.156 e. The number of hydrogen-bond donors (Lipinski definition) is 2. The second kappa shape index (κ2) is 5.89. The van der Waals surface area contributed by atoms with Gasteiger partial charge in [0.25, 0.3) is 0 Å². The van der Waals surface area contributed by atoms with Crippen LogP contribution >= 0.6 is 0 Å². The van der Waals surface area contributed by atoms with Gasteiger partial charge in [0.15, 0.2) is 5.82 Å². The lowest BCUT2D eigenvalue weighted by atomic mass is 10.1. The molecule has 0 aliphatic rings. The highest BCUT2D eigenvalue weighted by atomic mass is 15.2. The lowest BCUT2D eigenvalue weighted by Crippen LogP contribution is -2.08. The van der Waals surface area contributed by atoms with Crippen molar-refractivity contribution in [3.05, 3.63) is 65.4 Å². The van der Waals surface area contributed by atoms with Gasteiger partial charge >= 0.3 is 0 Å². The molecule has 3 rings (SSSR count). The standard InChI is InChI=1S/C17H18N4/c1-12-15-8-4-5-9-16(15)17(21-20-12)19-11-14-7-3-2-6-13(14)10-18/h2-9H,10-11,18H2,1H3,(H,19,21). The molecule has 0 fully saturated rings. The van der Waals surface area contributed by atoms with E-state index in [1.807, 2.05) is 31.2 Å². The third-order valence-electron chi connectivity index (χ3n) is 3.66. The minimum atomic E-state index is 0.540. The van der Waals surface area contributed by atoms with E-state index in [0.29, 0.717) is 13.1 Å². The van der Waals surface area contributed by atoms with Gasteiger partial charge in [-0.05, 0) is 18.1 Å². The summed E-state index contributed by atoms with van der Waals surface area (Å²) in [5.41, 5.74) is 9.05. The molecule has 0 aliphatic heterocycles. The van der Waals surface area contributed by atoms with Crippen molar-refractivity contribution in [2.24, 2.45) is 5.73 Å². The first kappa shape index (κ1) is 13.5. The summed E-state index contributed by atoms with van der Waals surface area (Å²) < 4.78 is 0. The Morgan fingerprint density at radius 3 is 2.33 bits per heavy atom. The van der Waals surface area contributed by atoms with E-state index in [1.54, 1.807) is 0 Å². The quantitative estimate of drug-likeness (QED) is 0.770. The Balaban J connectivity index is 1.91. The molecule has 1 aromatic heterocycles. The van der Waals surface area contributed by atoms with Crippen molar-refractivity contribution in [2.75, 3.05) is 5.32 Å². The summed E-state index contributed by atoms with van der Waals surface area (Å²) in [6.45, 7) is 3.20. The summed E-state index contributed by atoms with van der Waals surface area (Å²) in [5, 5.41) is 14.1. The van der Waals surface area contributed by atoms with Gasteiger partial charge in [0.2, 0.25) is 0 Å². The van der Waals surface area contributed by atoms with Crippen molar-refractivity contribution in [1.29, 1.82) is 0 Å². The highest BCUT2D eigenvalue weighted by Gasteiger charge is 2.06. The number of benzene rings is 2. The van der Waals surface area contributed by atoms with Crippen LogP contribution in [0.15, 0.2) is 48.5 Å². The number of nitrogens with one attached hydrogen (secondary N) is 1. The van der Waals surface area contributed by atoms with Crippen LogP contribution in [0.4, 0.5) is 5.82 Å². The predicted molar refractivity (Wildman–Crippen MR) is 85.9 cm³/mol. The van der Waals surface area contributed by atoms with Crippen molar-refractivity contribution >= 4 is 16.6 Å². The van der Waals surface area contributed by atoms with Gasteiger partial charge in [-0.1, -0.05) is 48.5 Å². The van der Waals surface area contributed by atoms with Gasteiger partial charge in [-0.3, -0.25) is 0 Å². The minimum Gasteiger partial charge on any atom is -0.364 e. The van der Waals surface area contributed by atoms with Crippen LogP contribution in [-0.2, 0) is 13.1 Å². The monoisotopic (exact) mass is 278 g/mol. The molecule has 0 saturated heterocycles. The van der Waals surface area contributed by atoms with Crippen LogP contribution in [0.5, 0.6) is 0 Å². The van der Waals surface area contributed by atoms with Crippen LogP contribution in [0.1, 0.15) is 16.8 Å². The summed E-state index contributed by atoms with van der Waals surface area (Å²) in [7, 11) is 0. The Labute approximate surface area is 124 Å². The van der Waals surface area contributed by atoms with E-state index in [1.165, 1.54) is 5.56 Å². The van der Waals surface area contributed by atoms with Gasteiger partial charge in [-0.2, -0.15) is 5.10 Å². The molecular weight excluding hydrogens is 260 g/mol. The van der Waals surface area contributed by atoms with Crippen LogP contribution in [0.3, 0.4) is 0 Å². The first-order valence-electron chi connectivity index (χ1n) is 7.02. The van der Waals surface area contributed by atoms with Crippen molar-refractivity contribution in [3.8, 4) is 0 Å². The Kier molecular flexibility index (Phi) is 3.79. The zero-order valence-electron chi connectivity index (χ0n) is 12.0. The van der Waals surface area contributed by atoms with Gasteiger partial charge in [0, 0.05) is 23.9 Å². The Morgan fingerprint density at radius 2 is 1.57 bits per heavy atom. The van der Waals surface area contributed by atoms with Gasteiger partial charge in [0.1, 0.15) is 0 Å². The Hall–Kier alpha value is -2.46. The molecule has 2 aromatic carbocycles. The van der Waals surface area contributed by atoms with Gasteiger partial charge in [-0.25, -0.2) is 0 Å². The zero-order chi connectivity index (χ0) is 14.7. The van der Waals surface area contributed by atoms with Crippen LogP contribution < -0.4 is 11.1 Å². The molecule has 0 unspecified atom stereocenters. The minimum absolute atomic E-state index is 0.540. The largest absolute Gasteiger partial charge is 0.364 e. The topological polar surface area (TPSA) is 63.8 Å². The van der Waals surface area contributed by atoms with Crippen LogP contribution in [0, 0.1) is 6.92 Å². The summed E-state index contributed by atoms with van der Waals surface area (Å²) >= 11 is 0. The second-order valence-corrected chi connectivity index (χ2v) is 5.01. The molecule has 1 heterocycles. The molecule has 0 spiro atoms. The Morgan fingerprint density at radius 1 is 0.905 bits per heavy atom. The first-order chi connectivity index (χ1) is 10.3. The molecule has 4 heteroatoms. The molecule has 3 N–H and O–H groups in total. The molecule has 3 aromatic rings. The maximum absolute atomic E-state index is 5.77. The van der Waals surface area contributed by atoms with E-state index in [-0.39, 0.29) is 0 Å². The predicted octanol–water partition coefficient (Wildman–Crippen LogP) is 3.01. The third-order valence-corrected chi connectivity index (χ3v) is 3.66. The van der Waals surface area contributed by atoms with Crippen molar-refractivity contribution in [2.45, 2.75) is 20.0 Å². The summed E-state index contributed by atoms with van der Waals surface area (Å²) in [6.07, 6.45) is 0. The molecule has 106 valence electrons. The number of hydrogen-bond acceptors (Lipinski definition) is 4. The fraction of sp³-hybridized carbons (Fsp3) is 0.176. The van der Waals surface area contributed by atoms with E-state index in [4.69, 9.17) is 5.73 Å². The maximum Gasteiger partial charge on any atom is 0.156 e. The molecular formula is C17H18N4. The molecule has 4 nitrogen and oxygen atoms in total. The number of nitrogens with two attached hydrogens (primary N) is 1. The summed E-state index contributed by atoms with van der Waals surface area (Å²) in [4.78, 5) is 0. The molecule has 0 atom stereocenters. The molecule has 0 saturated carbocycles. The average molecular weight is 278 g/mol. The SMILES string of the molecule is Cc1nnc(NCc2ccccc2CN)c2ccccc12. The molecule has 21 heavy (non-hydrogen) atoms. The van der Waals surface area contributed by atoms with E-state index in [9.17, 15) is 0 Å². The van der Waals surface area contributed by atoms with E-state index >= 15 is 0 Å². The number of aryl methyl sites for hydroxylation is 1. The fourth-order valence-corrected chi connectivity index (χ4v) is 2.48. The number of nitrogens with zero attached hydrogens (tertiary/aromatic N) is 2. The van der Waals surface area contributed by atoms with E-state index in [2.05, 4.69) is 39.8 Å². The van der Waals surface area contributed by atoms with Crippen LogP contribution in [0.25, 0.3) is 10.8 Å². The van der Waals surface area contributed by atoms with E-state index < -0.39 is 0 Å². The third kappa shape index (κ3) is 2.71. The van der Waals surface area contributed by atoms with Crippen molar-refractivity contribution < 1.29 is 0 Å². The average Bonchev–Trinajstić information content (AvgIpc) is 2.55. The number of fused-ring (bicyclic) bond motifs is 1. The second-order valence-electron chi connectivity index (χ2n) is 5.01. The number of rotatable bonds is 4. The van der Waals surface area contributed by atoms with Crippen LogP contribution in [-0.4, -0.2) is 10.2 Å². The lowest BCUT2D eigenvalue weighted by Gasteiger charge is -2.11. The van der Waals surface area contributed by atoms with Crippen molar-refractivity contribution in [1.82, 2.24) is 10.2 Å². The normalized spacial score (nSPS) is 10.8. The molecule has 0 radical (unpaired) electrons. The maximum atomic E-state index is 5.77. The zero-order valence-corrected chi connectivity index (χ0v) is 12.0. The highest BCUT2D eigenvalue weighted by molar-refractivity contribution is 5.92. The molecule has 0 amide bonds. The van der Waals surface area contributed by atoms with Crippen molar-refractivity contribution in [3.63, 3.8) is 0 Å². The van der Waals surface area contributed by atoms with Gasteiger partial charge in [0.05, 0.1) is 5.69 Å². The first-order valence-corrected chi connectivity index (χ1v) is 7.02. The summed E-state index contributed by atoms with van der Waals surface area (Å²) in [5.74, 6) is 0.808. The summed E-state index contributed by atoms with van der Waals surface area (Å²) in [6, 6.07) is 16.3. The van der Waals surface area contributed by atoms with Gasteiger partial charge in [-0.15, -0.1) is 5.10 Å². The number of anilines is 1. The fourth-order valence-electron chi connectivity index (χ4n) is 2.48. The lowest BCUT2D eigenvalue weighted by molar-refractivity contribution is 0.966. The number of aromatic nitrogens is 2. The van der Waals surface area contributed by atoms with E-state index in [0.717, 1.165) is 27.8 Å². The molecule has 0 aliphatic carbocycles.